The van der Waals surface area contributed by atoms with Crippen molar-refractivity contribution < 1.29 is 0 Å². The summed E-state index contributed by atoms with van der Waals surface area (Å²) >= 11 is 0. The molecule has 0 aliphatic rings. The van der Waals surface area contributed by atoms with Crippen molar-refractivity contribution in [3.05, 3.63) is 218 Å². The van der Waals surface area contributed by atoms with Crippen LogP contribution in [0.25, 0.3) is 122 Å². The van der Waals surface area contributed by atoms with Crippen LogP contribution in [0.5, 0.6) is 0 Å². The second-order valence-electron chi connectivity index (χ2n) is 16.4. The van der Waals surface area contributed by atoms with Crippen LogP contribution in [0.3, 0.4) is 0 Å². The van der Waals surface area contributed by atoms with Crippen LogP contribution in [-0.4, -0.2) is 29.9 Å². The molecule has 6 nitrogen and oxygen atoms in total. The van der Waals surface area contributed by atoms with E-state index in [1.165, 1.54) is 21.9 Å². The van der Waals surface area contributed by atoms with Gasteiger partial charge in [-0.2, -0.15) is 0 Å². The van der Waals surface area contributed by atoms with Crippen LogP contribution in [0, 0.1) is 6.92 Å². The molecule has 0 unspecified atom stereocenters. The van der Waals surface area contributed by atoms with E-state index in [4.69, 9.17) is 24.9 Å². The van der Waals surface area contributed by atoms with Crippen molar-refractivity contribution in [1.82, 2.24) is 29.9 Å². The highest BCUT2D eigenvalue weighted by Gasteiger charge is 2.16. The zero-order valence-corrected chi connectivity index (χ0v) is 35.4. The van der Waals surface area contributed by atoms with Gasteiger partial charge in [0.15, 0.2) is 17.5 Å². The number of hydrogen-bond acceptors (Lipinski definition) is 6. The summed E-state index contributed by atoms with van der Waals surface area (Å²) in [6.07, 6.45) is 3.75. The fourth-order valence-corrected chi connectivity index (χ4v) is 9.03. The largest absolute Gasteiger partial charge is 0.264 e. The molecule has 6 heteroatoms. The van der Waals surface area contributed by atoms with E-state index in [1.807, 2.05) is 48.8 Å². The van der Waals surface area contributed by atoms with Crippen molar-refractivity contribution >= 4 is 43.4 Å². The topological polar surface area (TPSA) is 77.3 Å². The maximum absolute atomic E-state index is 5.27. The molecule has 65 heavy (non-hydrogen) atoms. The number of fused-ring (bicyclic) bond motifs is 5. The summed E-state index contributed by atoms with van der Waals surface area (Å²) in [6, 6.07) is 69.8. The summed E-state index contributed by atoms with van der Waals surface area (Å²) < 4.78 is 0. The van der Waals surface area contributed by atoms with Crippen LogP contribution < -0.4 is 0 Å². The van der Waals surface area contributed by atoms with Crippen molar-refractivity contribution in [2.24, 2.45) is 0 Å². The third kappa shape index (κ3) is 7.04. The summed E-state index contributed by atoms with van der Waals surface area (Å²) in [5.41, 5.74) is 14.2. The van der Waals surface area contributed by atoms with E-state index in [0.717, 1.165) is 88.5 Å². The van der Waals surface area contributed by atoms with Gasteiger partial charge in [-0.3, -0.25) is 9.97 Å². The number of aryl methyl sites for hydroxylation is 1. The summed E-state index contributed by atoms with van der Waals surface area (Å²) in [5, 5.41) is 6.85. The predicted molar refractivity (Wildman–Crippen MR) is 266 cm³/mol. The zero-order valence-electron chi connectivity index (χ0n) is 35.4. The third-order valence-corrected chi connectivity index (χ3v) is 12.3. The number of aromatic nitrogens is 6. The summed E-state index contributed by atoms with van der Waals surface area (Å²) in [4.78, 5) is 29.8. The smallest absolute Gasteiger partial charge is 0.164 e. The highest BCUT2D eigenvalue weighted by Crippen LogP contribution is 2.38. The molecule has 4 heterocycles. The summed E-state index contributed by atoms with van der Waals surface area (Å²) in [5.74, 6) is 1.84. The van der Waals surface area contributed by atoms with Crippen molar-refractivity contribution in [3.63, 3.8) is 0 Å². The second kappa shape index (κ2) is 15.9. The van der Waals surface area contributed by atoms with Crippen LogP contribution >= 0.6 is 0 Å². The van der Waals surface area contributed by atoms with E-state index in [2.05, 4.69) is 176 Å². The minimum atomic E-state index is 0.611. The summed E-state index contributed by atoms with van der Waals surface area (Å²) in [7, 11) is 0. The standard InChI is InChI=1S/C59H38N6/c1-37-34-52(50-19-9-13-40-10-5-6-17-48(40)50)51-30-28-43-29-31-54(62-55(43)56(51)61-37)42-24-20-38(21-25-42)39-22-26-45(27-23-39)58-63-57(44-11-3-2-4-12-44)64-59(65-58)47-16-7-15-46(35-47)49-18-8-14-41-32-33-60-36-53(41)49/h2-36H,1H3. The van der Waals surface area contributed by atoms with Crippen molar-refractivity contribution in [3.8, 4) is 78.8 Å². The van der Waals surface area contributed by atoms with Gasteiger partial charge in [-0.1, -0.05) is 176 Å². The molecular weight excluding hydrogens is 793 g/mol. The number of rotatable bonds is 7. The number of pyridine rings is 3. The Labute approximate surface area is 375 Å². The Bertz CT molecular complexity index is 3760. The molecule has 0 saturated carbocycles. The molecule has 304 valence electrons. The third-order valence-electron chi connectivity index (χ3n) is 12.3. The minimum Gasteiger partial charge on any atom is -0.264 e. The Morgan fingerprint density at radius 2 is 0.892 bits per heavy atom. The first-order valence-corrected chi connectivity index (χ1v) is 21.8. The van der Waals surface area contributed by atoms with Crippen molar-refractivity contribution in [1.29, 1.82) is 0 Å². The van der Waals surface area contributed by atoms with E-state index in [9.17, 15) is 0 Å². The van der Waals surface area contributed by atoms with E-state index in [0.29, 0.717) is 17.5 Å². The molecule has 0 aliphatic heterocycles. The van der Waals surface area contributed by atoms with Crippen LogP contribution in [-0.2, 0) is 0 Å². The molecule has 0 spiro atoms. The van der Waals surface area contributed by atoms with Gasteiger partial charge < -0.3 is 0 Å². The first-order valence-electron chi connectivity index (χ1n) is 21.8. The van der Waals surface area contributed by atoms with Gasteiger partial charge in [0.05, 0.1) is 16.7 Å². The van der Waals surface area contributed by atoms with E-state index >= 15 is 0 Å². The Morgan fingerprint density at radius 3 is 1.68 bits per heavy atom. The van der Waals surface area contributed by atoms with Gasteiger partial charge in [-0.05, 0) is 80.7 Å². The molecule has 0 amide bonds. The summed E-state index contributed by atoms with van der Waals surface area (Å²) in [6.45, 7) is 2.07. The predicted octanol–water partition coefficient (Wildman–Crippen LogP) is 14.6. The molecule has 0 N–H and O–H groups in total. The fourth-order valence-electron chi connectivity index (χ4n) is 9.03. The first kappa shape index (κ1) is 38.0. The second-order valence-corrected chi connectivity index (χ2v) is 16.4. The zero-order chi connectivity index (χ0) is 43.3. The SMILES string of the molecule is Cc1cc(-c2cccc3ccccc23)c2ccc3ccc(-c4ccc(-c5ccc(-c6nc(-c7ccccc7)nc(-c7cccc(-c8cccc9ccncc89)c7)n6)cc5)cc4)nc3c2n1. The highest BCUT2D eigenvalue weighted by atomic mass is 15.0. The lowest BCUT2D eigenvalue weighted by molar-refractivity contribution is 1.07. The van der Waals surface area contributed by atoms with Gasteiger partial charge in [-0.15, -0.1) is 0 Å². The van der Waals surface area contributed by atoms with Gasteiger partial charge >= 0.3 is 0 Å². The lowest BCUT2D eigenvalue weighted by Crippen LogP contribution is -2.00. The lowest BCUT2D eigenvalue weighted by Gasteiger charge is -2.13. The van der Waals surface area contributed by atoms with Crippen molar-refractivity contribution in [2.75, 3.05) is 0 Å². The Kier molecular flexibility index (Phi) is 9.27. The molecule has 12 rings (SSSR count). The van der Waals surface area contributed by atoms with Crippen LogP contribution in [0.4, 0.5) is 0 Å². The van der Waals surface area contributed by atoms with Gasteiger partial charge in [0, 0.05) is 56.5 Å². The number of nitrogens with zero attached hydrogens (tertiary/aromatic N) is 6. The fraction of sp³-hybridized carbons (Fsp3) is 0.0169. The van der Waals surface area contributed by atoms with Gasteiger partial charge in [0.2, 0.25) is 0 Å². The van der Waals surface area contributed by atoms with Crippen molar-refractivity contribution in [2.45, 2.75) is 6.92 Å². The van der Waals surface area contributed by atoms with Crippen LogP contribution in [0.15, 0.2) is 213 Å². The minimum absolute atomic E-state index is 0.611. The molecule has 8 aromatic carbocycles. The number of hydrogen-bond donors (Lipinski definition) is 0. The van der Waals surface area contributed by atoms with Gasteiger partial charge in [-0.25, -0.2) is 19.9 Å². The van der Waals surface area contributed by atoms with E-state index in [-0.39, 0.29) is 0 Å². The molecule has 0 saturated heterocycles. The normalized spacial score (nSPS) is 11.5. The monoisotopic (exact) mass is 830 g/mol. The maximum atomic E-state index is 5.27. The molecule has 4 aromatic heterocycles. The lowest BCUT2D eigenvalue weighted by atomic mass is 9.94. The van der Waals surface area contributed by atoms with Crippen LogP contribution in [0.1, 0.15) is 5.69 Å². The number of benzene rings is 8. The van der Waals surface area contributed by atoms with Gasteiger partial charge in [0.1, 0.15) is 0 Å². The van der Waals surface area contributed by atoms with Crippen LogP contribution in [0.2, 0.25) is 0 Å². The van der Waals surface area contributed by atoms with E-state index < -0.39 is 0 Å². The quantitative estimate of drug-likeness (QED) is 0.149. The first-order chi connectivity index (χ1) is 32.1. The van der Waals surface area contributed by atoms with E-state index in [1.54, 1.807) is 0 Å². The molecule has 0 bridgehead atoms. The molecule has 0 radical (unpaired) electrons. The average molecular weight is 831 g/mol. The average Bonchev–Trinajstić information content (AvgIpc) is 3.38. The highest BCUT2D eigenvalue weighted by molar-refractivity contribution is 6.12. The maximum Gasteiger partial charge on any atom is 0.164 e. The Morgan fingerprint density at radius 1 is 0.308 bits per heavy atom. The molecule has 0 fully saturated rings. The molecule has 0 atom stereocenters. The molecule has 12 aromatic rings. The van der Waals surface area contributed by atoms with Gasteiger partial charge in [0.25, 0.3) is 0 Å². The molecular formula is C59H38N6. The Balaban J connectivity index is 0.865. The molecule has 0 aliphatic carbocycles. The Hall–Kier alpha value is -8.74.